The van der Waals surface area contributed by atoms with E-state index < -0.39 is 10.8 Å². The van der Waals surface area contributed by atoms with Gasteiger partial charge in [-0.2, -0.15) is 0 Å². The Kier molecular flexibility index (Phi) is 4.63. The number of rotatable bonds is 2. The molecule has 104 valence electrons. The molecule has 0 amide bonds. The van der Waals surface area contributed by atoms with Crippen LogP contribution in [0.15, 0.2) is 46.9 Å². The van der Waals surface area contributed by atoms with E-state index in [9.17, 15) is 4.21 Å². The Morgan fingerprint density at radius 1 is 1.30 bits per heavy atom. The van der Waals surface area contributed by atoms with Crippen LogP contribution in [-0.2, 0) is 10.8 Å². The molecule has 0 bridgehead atoms. The quantitative estimate of drug-likeness (QED) is 0.846. The van der Waals surface area contributed by atoms with Crippen LogP contribution >= 0.6 is 23.2 Å². The Morgan fingerprint density at radius 3 is 2.60 bits per heavy atom. The van der Waals surface area contributed by atoms with Crippen molar-refractivity contribution < 1.29 is 4.21 Å². The van der Waals surface area contributed by atoms with Gasteiger partial charge in [0, 0.05) is 48.7 Å². The van der Waals surface area contributed by atoms with E-state index >= 15 is 0 Å². The van der Waals surface area contributed by atoms with Crippen molar-refractivity contribution in [3.63, 3.8) is 0 Å². The van der Waals surface area contributed by atoms with Gasteiger partial charge in [-0.25, -0.2) is 0 Å². The third-order valence-electron chi connectivity index (χ3n) is 3.10. The standard InChI is InChI=1S/C15H13Cl2NOS/c1-9(20(2)19)11-4-3-5-13(15(11)18)12-7-6-10(16)8-14(12)17/h3-8,18H,1-2H3/b11-9+,18-15?. The molecule has 1 unspecified atom stereocenters. The van der Waals surface area contributed by atoms with Gasteiger partial charge in [-0.3, -0.25) is 9.62 Å². The molecular formula is C15H13Cl2NOS. The van der Waals surface area contributed by atoms with Crippen molar-refractivity contribution in [1.29, 1.82) is 5.41 Å². The van der Waals surface area contributed by atoms with Gasteiger partial charge in [0.2, 0.25) is 0 Å². The van der Waals surface area contributed by atoms with Gasteiger partial charge >= 0.3 is 0 Å². The number of benzene rings is 1. The first kappa shape index (κ1) is 15.2. The maximum absolute atomic E-state index is 11.6. The van der Waals surface area contributed by atoms with Crippen LogP contribution in [0.3, 0.4) is 0 Å². The fourth-order valence-corrected chi connectivity index (χ4v) is 2.92. The number of hydrogen-bond acceptors (Lipinski definition) is 2. The van der Waals surface area contributed by atoms with E-state index in [2.05, 4.69) is 0 Å². The molecule has 0 spiro atoms. The second-order valence-corrected chi connectivity index (χ2v) is 6.73. The summed E-state index contributed by atoms with van der Waals surface area (Å²) in [6, 6.07) is 5.18. The second kappa shape index (κ2) is 6.08. The number of nitrogens with one attached hydrogen (secondary N) is 1. The highest BCUT2D eigenvalue weighted by Gasteiger charge is 2.19. The average Bonchev–Trinajstić information content (AvgIpc) is 2.39. The molecule has 1 aromatic carbocycles. The summed E-state index contributed by atoms with van der Waals surface area (Å²) in [6.45, 7) is 1.77. The van der Waals surface area contributed by atoms with Crippen molar-refractivity contribution in [2.45, 2.75) is 6.92 Å². The molecule has 5 heteroatoms. The second-order valence-electron chi connectivity index (χ2n) is 4.36. The first-order valence-electron chi connectivity index (χ1n) is 5.89. The smallest absolute Gasteiger partial charge is 0.0699 e. The molecule has 1 aliphatic carbocycles. The van der Waals surface area contributed by atoms with Crippen LogP contribution in [0.25, 0.3) is 5.57 Å². The monoisotopic (exact) mass is 325 g/mol. The van der Waals surface area contributed by atoms with Crippen LogP contribution in [-0.4, -0.2) is 16.2 Å². The van der Waals surface area contributed by atoms with Gasteiger partial charge in [-0.05, 0) is 19.1 Å². The summed E-state index contributed by atoms with van der Waals surface area (Å²) in [4.78, 5) is 0.682. The van der Waals surface area contributed by atoms with Crippen molar-refractivity contribution in [1.82, 2.24) is 0 Å². The van der Waals surface area contributed by atoms with E-state index in [1.165, 1.54) is 0 Å². The Balaban J connectivity index is 2.52. The molecule has 2 rings (SSSR count). The Bertz CT molecular complexity index is 702. The molecular weight excluding hydrogens is 313 g/mol. The number of allylic oxidation sites excluding steroid dienone is 6. The molecule has 1 aliphatic rings. The summed E-state index contributed by atoms with van der Waals surface area (Å²) in [7, 11) is -1.10. The predicted octanol–water partition coefficient (Wildman–Crippen LogP) is 4.62. The fraction of sp³-hybridized carbons (Fsp3) is 0.133. The maximum Gasteiger partial charge on any atom is 0.0699 e. The summed E-state index contributed by atoms with van der Waals surface area (Å²) in [5.74, 6) is 0. The molecule has 1 aromatic rings. The maximum atomic E-state index is 11.6. The van der Waals surface area contributed by atoms with Gasteiger partial charge in [0.1, 0.15) is 0 Å². The zero-order valence-electron chi connectivity index (χ0n) is 11.0. The van der Waals surface area contributed by atoms with E-state index in [1.54, 1.807) is 37.5 Å². The molecule has 0 saturated heterocycles. The topological polar surface area (TPSA) is 40.9 Å². The van der Waals surface area contributed by atoms with Crippen molar-refractivity contribution in [3.8, 4) is 0 Å². The minimum atomic E-state index is -1.10. The van der Waals surface area contributed by atoms with Gasteiger partial charge < -0.3 is 0 Å². The van der Waals surface area contributed by atoms with Crippen molar-refractivity contribution in [3.05, 3.63) is 62.5 Å². The van der Waals surface area contributed by atoms with Crippen molar-refractivity contribution >= 4 is 45.3 Å². The largest absolute Gasteiger partial charge is 0.300 e. The molecule has 0 aromatic heterocycles. The predicted molar refractivity (Wildman–Crippen MR) is 88.1 cm³/mol. The number of halogens is 2. The van der Waals surface area contributed by atoms with Gasteiger partial charge in [-0.1, -0.05) is 47.5 Å². The van der Waals surface area contributed by atoms with Crippen molar-refractivity contribution in [2.24, 2.45) is 0 Å². The minimum Gasteiger partial charge on any atom is -0.300 e. The third-order valence-corrected chi connectivity index (χ3v) is 4.73. The fourth-order valence-electron chi connectivity index (χ4n) is 1.93. The lowest BCUT2D eigenvalue weighted by Crippen LogP contribution is -2.10. The molecule has 2 nitrogen and oxygen atoms in total. The summed E-state index contributed by atoms with van der Waals surface area (Å²) >= 11 is 12.1. The molecule has 0 radical (unpaired) electrons. The highest BCUT2D eigenvalue weighted by Crippen LogP contribution is 2.32. The highest BCUT2D eigenvalue weighted by molar-refractivity contribution is 7.88. The Morgan fingerprint density at radius 2 is 2.00 bits per heavy atom. The van der Waals surface area contributed by atoms with E-state index in [1.807, 2.05) is 12.2 Å². The van der Waals surface area contributed by atoms with Crippen LogP contribution in [0, 0.1) is 5.41 Å². The molecule has 0 aliphatic heterocycles. The van der Waals surface area contributed by atoms with Crippen LogP contribution in [0.1, 0.15) is 12.5 Å². The first-order chi connectivity index (χ1) is 9.41. The zero-order valence-corrected chi connectivity index (χ0v) is 13.4. The van der Waals surface area contributed by atoms with Crippen LogP contribution in [0.5, 0.6) is 0 Å². The molecule has 20 heavy (non-hydrogen) atoms. The van der Waals surface area contributed by atoms with Gasteiger partial charge in [0.25, 0.3) is 0 Å². The summed E-state index contributed by atoms with van der Waals surface area (Å²) in [6.07, 6.45) is 7.07. The summed E-state index contributed by atoms with van der Waals surface area (Å²) in [5, 5.41) is 9.36. The normalized spacial score (nSPS) is 18.8. The molecule has 1 N–H and O–H groups in total. The first-order valence-corrected chi connectivity index (χ1v) is 8.20. The number of hydrogen-bond donors (Lipinski definition) is 1. The molecule has 1 atom stereocenters. The molecule has 0 heterocycles. The van der Waals surface area contributed by atoms with Crippen LogP contribution in [0.4, 0.5) is 0 Å². The third kappa shape index (κ3) is 2.95. The lowest BCUT2D eigenvalue weighted by Gasteiger charge is -2.17. The Hall–Kier alpha value is -1.16. The van der Waals surface area contributed by atoms with Gasteiger partial charge in [0.05, 0.1) is 5.71 Å². The van der Waals surface area contributed by atoms with E-state index in [4.69, 9.17) is 28.6 Å². The SMILES string of the molecule is C/C(=C1/C=CC=C(c2ccc(Cl)cc2Cl)C1=N)S(C)=O. The van der Waals surface area contributed by atoms with Gasteiger partial charge in [-0.15, -0.1) is 0 Å². The average molecular weight is 326 g/mol. The highest BCUT2D eigenvalue weighted by atomic mass is 35.5. The lowest BCUT2D eigenvalue weighted by atomic mass is 9.92. The molecule has 0 saturated carbocycles. The minimum absolute atomic E-state index is 0.324. The van der Waals surface area contributed by atoms with E-state index in [-0.39, 0.29) is 0 Å². The van der Waals surface area contributed by atoms with Gasteiger partial charge in [0.15, 0.2) is 0 Å². The lowest BCUT2D eigenvalue weighted by molar-refractivity contribution is 0.690. The van der Waals surface area contributed by atoms with Crippen LogP contribution < -0.4 is 0 Å². The van der Waals surface area contributed by atoms with E-state index in [0.29, 0.717) is 31.8 Å². The summed E-state index contributed by atoms with van der Waals surface area (Å²) < 4.78 is 11.6. The Labute approximate surface area is 130 Å². The van der Waals surface area contributed by atoms with E-state index in [0.717, 1.165) is 5.56 Å². The molecule has 0 fully saturated rings. The summed E-state index contributed by atoms with van der Waals surface area (Å²) in [5.41, 5.74) is 2.45. The van der Waals surface area contributed by atoms with Crippen molar-refractivity contribution in [2.75, 3.05) is 6.26 Å². The zero-order chi connectivity index (χ0) is 14.9. The van der Waals surface area contributed by atoms with Crippen LogP contribution in [0.2, 0.25) is 10.0 Å².